The minimum absolute atomic E-state index is 0.131. The van der Waals surface area contributed by atoms with Crippen molar-refractivity contribution in [3.05, 3.63) is 90.3 Å². The van der Waals surface area contributed by atoms with E-state index in [1.807, 2.05) is 73.7 Å². The molecule has 0 aliphatic rings. The van der Waals surface area contributed by atoms with Gasteiger partial charge in [-0.25, -0.2) is 9.97 Å². The van der Waals surface area contributed by atoms with Gasteiger partial charge in [0.15, 0.2) is 11.5 Å². The molecule has 4 rings (SSSR count). The molecule has 2 N–H and O–H groups in total. The lowest BCUT2D eigenvalue weighted by molar-refractivity contribution is -0.115. The molecule has 4 aromatic rings. The van der Waals surface area contributed by atoms with Gasteiger partial charge in [0.1, 0.15) is 11.6 Å². The van der Waals surface area contributed by atoms with Crippen LogP contribution in [0, 0.1) is 6.92 Å². The summed E-state index contributed by atoms with van der Waals surface area (Å²) >= 11 is 0. The van der Waals surface area contributed by atoms with Crippen molar-refractivity contribution in [2.45, 2.75) is 13.3 Å². The number of aromatic nitrogens is 2. The third kappa shape index (κ3) is 5.69. The van der Waals surface area contributed by atoms with Gasteiger partial charge in [0.05, 0.1) is 26.3 Å². The molecule has 0 unspecified atom stereocenters. The number of nitrogens with zero attached hydrogens (tertiary/aromatic N) is 2. The lowest BCUT2D eigenvalue weighted by Gasteiger charge is -2.12. The zero-order chi connectivity index (χ0) is 23.9. The topological polar surface area (TPSA) is 85.4 Å². The quantitative estimate of drug-likeness (QED) is 0.371. The number of carbonyl (C=O) groups excluding carboxylic acids is 1. The predicted molar refractivity (Wildman–Crippen MR) is 134 cm³/mol. The number of rotatable bonds is 8. The molecule has 0 saturated carbocycles. The van der Waals surface area contributed by atoms with Gasteiger partial charge in [-0.05, 0) is 42.8 Å². The summed E-state index contributed by atoms with van der Waals surface area (Å²) in [5, 5.41) is 6.26. The molecule has 0 aliphatic carbocycles. The fourth-order valence-electron chi connectivity index (χ4n) is 3.59. The van der Waals surface area contributed by atoms with Crippen LogP contribution in [-0.4, -0.2) is 30.1 Å². The zero-order valence-corrected chi connectivity index (χ0v) is 19.3. The standard InChI is InChI=1S/C27H26N4O3/c1-18-28-23(20-8-5-4-6-9-20)17-26(29-18)30-21-10-7-11-22(16-21)31-27(32)15-19-12-13-24(33-2)25(14-19)34-3/h4-14,16-17H,15H2,1-3H3,(H,31,32)(H,28,29,30). The average Bonchev–Trinajstić information content (AvgIpc) is 2.84. The molecule has 34 heavy (non-hydrogen) atoms. The van der Waals surface area contributed by atoms with Gasteiger partial charge < -0.3 is 20.1 Å². The van der Waals surface area contributed by atoms with Gasteiger partial charge in [-0.15, -0.1) is 0 Å². The second-order valence-corrected chi connectivity index (χ2v) is 7.67. The van der Waals surface area contributed by atoms with Crippen molar-refractivity contribution in [1.29, 1.82) is 0 Å². The van der Waals surface area contributed by atoms with E-state index in [4.69, 9.17) is 9.47 Å². The molecule has 1 amide bonds. The molecular weight excluding hydrogens is 428 g/mol. The molecule has 1 aromatic heterocycles. The maximum Gasteiger partial charge on any atom is 0.228 e. The maximum absolute atomic E-state index is 12.6. The highest BCUT2D eigenvalue weighted by atomic mass is 16.5. The SMILES string of the molecule is COc1ccc(CC(=O)Nc2cccc(Nc3cc(-c4ccccc4)nc(C)n3)c2)cc1OC. The van der Waals surface area contributed by atoms with E-state index in [1.54, 1.807) is 26.4 Å². The van der Waals surface area contributed by atoms with Crippen LogP contribution in [-0.2, 0) is 11.2 Å². The molecule has 0 bridgehead atoms. The highest BCUT2D eigenvalue weighted by Gasteiger charge is 2.10. The van der Waals surface area contributed by atoms with Crippen molar-refractivity contribution in [1.82, 2.24) is 9.97 Å². The fraction of sp³-hybridized carbons (Fsp3) is 0.148. The van der Waals surface area contributed by atoms with Crippen LogP contribution in [0.1, 0.15) is 11.4 Å². The van der Waals surface area contributed by atoms with E-state index in [9.17, 15) is 4.79 Å². The summed E-state index contributed by atoms with van der Waals surface area (Å²) in [6.45, 7) is 1.86. The summed E-state index contributed by atoms with van der Waals surface area (Å²) in [6, 6.07) is 24.8. The molecule has 7 heteroatoms. The van der Waals surface area contributed by atoms with Gasteiger partial charge in [-0.1, -0.05) is 42.5 Å². The third-order valence-electron chi connectivity index (χ3n) is 5.14. The van der Waals surface area contributed by atoms with Crippen LogP contribution in [0.4, 0.5) is 17.2 Å². The van der Waals surface area contributed by atoms with E-state index >= 15 is 0 Å². The third-order valence-corrected chi connectivity index (χ3v) is 5.14. The number of ether oxygens (including phenoxy) is 2. The lowest BCUT2D eigenvalue weighted by Crippen LogP contribution is -2.14. The molecule has 0 fully saturated rings. The summed E-state index contributed by atoms with van der Waals surface area (Å²) in [6.07, 6.45) is 0.212. The highest BCUT2D eigenvalue weighted by molar-refractivity contribution is 5.93. The Hall–Kier alpha value is -4.39. The minimum Gasteiger partial charge on any atom is -0.493 e. The molecular formula is C27H26N4O3. The van der Waals surface area contributed by atoms with E-state index in [1.165, 1.54) is 0 Å². The van der Waals surface area contributed by atoms with Crippen molar-refractivity contribution >= 4 is 23.1 Å². The Morgan fingerprint density at radius 3 is 2.35 bits per heavy atom. The van der Waals surface area contributed by atoms with Crippen molar-refractivity contribution in [2.24, 2.45) is 0 Å². The van der Waals surface area contributed by atoms with E-state index in [0.717, 1.165) is 22.5 Å². The van der Waals surface area contributed by atoms with Crippen LogP contribution in [0.25, 0.3) is 11.3 Å². The van der Waals surface area contributed by atoms with E-state index < -0.39 is 0 Å². The van der Waals surface area contributed by atoms with Crippen molar-refractivity contribution in [2.75, 3.05) is 24.9 Å². The maximum atomic E-state index is 12.6. The zero-order valence-electron chi connectivity index (χ0n) is 19.3. The van der Waals surface area contributed by atoms with Crippen LogP contribution in [0.3, 0.4) is 0 Å². The van der Waals surface area contributed by atoms with Crippen LogP contribution >= 0.6 is 0 Å². The molecule has 0 aliphatic heterocycles. The number of hydrogen-bond donors (Lipinski definition) is 2. The summed E-state index contributed by atoms with van der Waals surface area (Å²) in [7, 11) is 3.15. The number of nitrogens with one attached hydrogen (secondary N) is 2. The number of hydrogen-bond acceptors (Lipinski definition) is 6. The summed E-state index contributed by atoms with van der Waals surface area (Å²) in [5.74, 6) is 2.44. The highest BCUT2D eigenvalue weighted by Crippen LogP contribution is 2.28. The Morgan fingerprint density at radius 2 is 1.59 bits per heavy atom. The van der Waals surface area contributed by atoms with Crippen LogP contribution in [0.5, 0.6) is 11.5 Å². The van der Waals surface area contributed by atoms with Crippen LogP contribution in [0.15, 0.2) is 78.9 Å². The fourth-order valence-corrected chi connectivity index (χ4v) is 3.59. The number of methoxy groups -OCH3 is 2. The molecule has 0 radical (unpaired) electrons. The first-order chi connectivity index (χ1) is 16.5. The second-order valence-electron chi connectivity index (χ2n) is 7.67. The monoisotopic (exact) mass is 454 g/mol. The smallest absolute Gasteiger partial charge is 0.228 e. The first kappa shape index (κ1) is 22.8. The largest absolute Gasteiger partial charge is 0.493 e. The first-order valence-electron chi connectivity index (χ1n) is 10.8. The number of amides is 1. The van der Waals surface area contributed by atoms with Crippen molar-refractivity contribution in [3.63, 3.8) is 0 Å². The molecule has 3 aromatic carbocycles. The summed E-state index contributed by atoms with van der Waals surface area (Å²) < 4.78 is 10.6. The number of carbonyl (C=O) groups is 1. The van der Waals surface area contributed by atoms with Crippen LogP contribution < -0.4 is 20.1 Å². The van der Waals surface area contributed by atoms with Crippen molar-refractivity contribution in [3.8, 4) is 22.8 Å². The number of anilines is 3. The Bertz CT molecular complexity index is 1290. The average molecular weight is 455 g/mol. The predicted octanol–water partition coefficient (Wildman–Crippen LogP) is 5.39. The Morgan fingerprint density at radius 1 is 0.824 bits per heavy atom. The van der Waals surface area contributed by atoms with Crippen LogP contribution in [0.2, 0.25) is 0 Å². The molecule has 0 saturated heterocycles. The van der Waals surface area contributed by atoms with E-state index in [0.29, 0.717) is 28.8 Å². The van der Waals surface area contributed by atoms with Crippen molar-refractivity contribution < 1.29 is 14.3 Å². The minimum atomic E-state index is -0.131. The summed E-state index contributed by atoms with van der Waals surface area (Å²) in [5.41, 5.74) is 4.18. The van der Waals surface area contributed by atoms with Gasteiger partial charge in [0.25, 0.3) is 0 Å². The lowest BCUT2D eigenvalue weighted by atomic mass is 10.1. The normalized spacial score (nSPS) is 10.4. The molecule has 0 spiro atoms. The number of benzene rings is 3. The van der Waals surface area contributed by atoms with Gasteiger partial charge in [0.2, 0.25) is 5.91 Å². The molecule has 1 heterocycles. The Balaban J connectivity index is 1.45. The molecule has 172 valence electrons. The van der Waals surface area contributed by atoms with E-state index in [2.05, 4.69) is 20.6 Å². The molecule has 7 nitrogen and oxygen atoms in total. The summed E-state index contributed by atoms with van der Waals surface area (Å²) in [4.78, 5) is 21.7. The van der Waals surface area contributed by atoms with Gasteiger partial charge in [-0.2, -0.15) is 0 Å². The number of aryl methyl sites for hydroxylation is 1. The second kappa shape index (κ2) is 10.5. The van der Waals surface area contributed by atoms with E-state index in [-0.39, 0.29) is 12.3 Å². The first-order valence-corrected chi connectivity index (χ1v) is 10.8. The Kier molecular flexibility index (Phi) is 7.03. The van der Waals surface area contributed by atoms with Gasteiger partial charge in [-0.3, -0.25) is 4.79 Å². The Labute approximate surface area is 198 Å². The molecule has 0 atom stereocenters. The van der Waals surface area contributed by atoms with Gasteiger partial charge >= 0.3 is 0 Å². The van der Waals surface area contributed by atoms with Gasteiger partial charge in [0, 0.05) is 23.0 Å².